The van der Waals surface area contributed by atoms with Crippen LogP contribution in [0.15, 0.2) is 34.8 Å². The van der Waals surface area contributed by atoms with Crippen molar-refractivity contribution >= 4 is 31.6 Å². The highest BCUT2D eigenvalue weighted by Gasteiger charge is 2.26. The van der Waals surface area contributed by atoms with Gasteiger partial charge < -0.3 is 4.74 Å². The Labute approximate surface area is 154 Å². The maximum atomic E-state index is 13.4. The first-order valence-corrected chi connectivity index (χ1v) is 8.93. The van der Waals surface area contributed by atoms with Gasteiger partial charge in [0.15, 0.2) is 0 Å². The lowest BCUT2D eigenvalue weighted by Crippen LogP contribution is -2.21. The lowest BCUT2D eigenvalue weighted by Gasteiger charge is -2.13. The van der Waals surface area contributed by atoms with Gasteiger partial charge >= 0.3 is 5.76 Å². The molecule has 0 aliphatic carbocycles. The van der Waals surface area contributed by atoms with E-state index in [-0.39, 0.29) is 32.8 Å². The van der Waals surface area contributed by atoms with Crippen molar-refractivity contribution in [3.05, 3.63) is 51.7 Å². The van der Waals surface area contributed by atoms with Crippen LogP contribution in [0, 0.1) is 28.5 Å². The first-order valence-electron chi connectivity index (χ1n) is 6.59. The smallest absolute Gasteiger partial charge is 0.355 e. The van der Waals surface area contributed by atoms with E-state index in [0.29, 0.717) is 0 Å². The molecule has 0 unspecified atom stereocenters. The van der Waals surface area contributed by atoms with E-state index in [4.69, 9.17) is 10.00 Å². The van der Waals surface area contributed by atoms with Crippen molar-refractivity contribution in [3.8, 4) is 23.6 Å². The number of anilines is 1. The second-order valence-electron chi connectivity index (χ2n) is 4.71. The zero-order valence-corrected chi connectivity index (χ0v) is 14.9. The van der Waals surface area contributed by atoms with Crippen LogP contribution in [0.4, 0.5) is 18.9 Å². The van der Waals surface area contributed by atoms with Gasteiger partial charge in [0.2, 0.25) is 0 Å². The van der Waals surface area contributed by atoms with Crippen molar-refractivity contribution in [2.75, 3.05) is 4.72 Å². The molecular weight excluding hydrogens is 439 g/mol. The number of hydrogen-bond donors (Lipinski definition) is 1. The third-order valence-corrected chi connectivity index (χ3v) is 4.69. The summed E-state index contributed by atoms with van der Waals surface area (Å²) in [4.78, 5) is 0. The van der Waals surface area contributed by atoms with Crippen molar-refractivity contribution in [3.63, 3.8) is 0 Å². The van der Waals surface area contributed by atoms with Crippen LogP contribution in [0.5, 0.6) is 11.5 Å². The Morgan fingerprint density at radius 1 is 1.15 bits per heavy atom. The summed E-state index contributed by atoms with van der Waals surface area (Å²) >= 11 is 3.02. The van der Waals surface area contributed by atoms with Crippen LogP contribution >= 0.6 is 15.9 Å². The Morgan fingerprint density at radius 2 is 1.85 bits per heavy atom. The average Bonchev–Trinajstić information content (AvgIpc) is 2.56. The lowest BCUT2D eigenvalue weighted by atomic mass is 10.2. The van der Waals surface area contributed by atoms with Crippen LogP contribution in [-0.4, -0.2) is 14.2 Å². The summed E-state index contributed by atoms with van der Waals surface area (Å²) in [6.45, 7) is 0. The SMILES string of the molecule is N#Cc1cc(F)cc(Oc2ccc(NS(=O)(=O)C(F)F)c(C#N)c2Br)c1. The van der Waals surface area contributed by atoms with E-state index >= 15 is 0 Å². The Balaban J connectivity index is 2.43. The zero-order chi connectivity index (χ0) is 19.5. The van der Waals surface area contributed by atoms with Crippen LogP contribution in [0.1, 0.15) is 11.1 Å². The molecule has 0 aliphatic heterocycles. The number of nitrogens with one attached hydrogen (secondary N) is 1. The number of benzene rings is 2. The monoisotopic (exact) mass is 445 g/mol. The number of alkyl halides is 2. The molecule has 0 atom stereocenters. The highest BCUT2D eigenvalue weighted by Crippen LogP contribution is 2.37. The molecule has 1 N–H and O–H groups in total. The lowest BCUT2D eigenvalue weighted by molar-refractivity contribution is 0.236. The van der Waals surface area contributed by atoms with Crippen LogP contribution in [0.25, 0.3) is 0 Å². The van der Waals surface area contributed by atoms with Crippen molar-refractivity contribution in [2.45, 2.75) is 5.76 Å². The van der Waals surface area contributed by atoms with Gasteiger partial charge in [-0.25, -0.2) is 12.8 Å². The molecule has 0 spiro atoms. The second kappa shape index (κ2) is 7.64. The van der Waals surface area contributed by atoms with Crippen molar-refractivity contribution in [1.29, 1.82) is 10.5 Å². The molecule has 0 radical (unpaired) electrons. The molecule has 2 aromatic rings. The van der Waals surface area contributed by atoms with Gasteiger partial charge in [0, 0.05) is 6.07 Å². The van der Waals surface area contributed by atoms with Gasteiger partial charge in [-0.1, -0.05) is 0 Å². The Bertz CT molecular complexity index is 1050. The van der Waals surface area contributed by atoms with Crippen LogP contribution in [0.2, 0.25) is 0 Å². The molecule has 0 saturated carbocycles. The van der Waals surface area contributed by atoms with E-state index in [2.05, 4.69) is 15.9 Å². The number of rotatable bonds is 5. The highest BCUT2D eigenvalue weighted by atomic mass is 79.9. The van der Waals surface area contributed by atoms with Gasteiger partial charge in [0.25, 0.3) is 10.0 Å². The van der Waals surface area contributed by atoms with Gasteiger partial charge in [-0.15, -0.1) is 0 Å². The largest absolute Gasteiger partial charge is 0.456 e. The fourth-order valence-corrected chi connectivity index (χ4v) is 2.92. The number of hydrogen-bond acceptors (Lipinski definition) is 5. The van der Waals surface area contributed by atoms with Crippen LogP contribution in [-0.2, 0) is 10.0 Å². The zero-order valence-electron chi connectivity index (χ0n) is 12.5. The molecule has 6 nitrogen and oxygen atoms in total. The van der Waals surface area contributed by atoms with Gasteiger partial charge in [0.1, 0.15) is 23.4 Å². The topological polar surface area (TPSA) is 103 Å². The van der Waals surface area contributed by atoms with Gasteiger partial charge in [-0.3, -0.25) is 4.72 Å². The van der Waals surface area contributed by atoms with Gasteiger partial charge in [-0.2, -0.15) is 19.3 Å². The molecule has 0 saturated heterocycles. The fraction of sp³-hybridized carbons (Fsp3) is 0.0667. The highest BCUT2D eigenvalue weighted by molar-refractivity contribution is 9.10. The third kappa shape index (κ3) is 4.25. The first kappa shape index (κ1) is 19.6. The molecule has 0 amide bonds. The molecule has 0 heterocycles. The Kier molecular flexibility index (Phi) is 5.75. The molecule has 134 valence electrons. The molecule has 0 bridgehead atoms. The van der Waals surface area contributed by atoms with E-state index in [1.54, 1.807) is 16.9 Å². The Morgan fingerprint density at radius 3 is 2.42 bits per heavy atom. The molecule has 0 fully saturated rings. The molecule has 0 aromatic heterocycles. The Hall–Kier alpha value is -2.76. The minimum atomic E-state index is -4.97. The van der Waals surface area contributed by atoms with Gasteiger partial charge in [-0.05, 0) is 40.2 Å². The maximum Gasteiger partial charge on any atom is 0.355 e. The number of nitrogens with zero attached hydrogens (tertiary/aromatic N) is 2. The minimum Gasteiger partial charge on any atom is -0.456 e. The predicted molar refractivity (Wildman–Crippen MR) is 88.6 cm³/mol. The first-order chi connectivity index (χ1) is 12.2. The number of halogens is 4. The molecule has 26 heavy (non-hydrogen) atoms. The third-order valence-electron chi connectivity index (χ3n) is 2.93. The number of nitriles is 2. The van der Waals surface area contributed by atoms with E-state index in [0.717, 1.165) is 18.2 Å². The van der Waals surface area contributed by atoms with Crippen LogP contribution < -0.4 is 9.46 Å². The summed E-state index contributed by atoms with van der Waals surface area (Å²) in [6, 6.07) is 8.86. The summed E-state index contributed by atoms with van der Waals surface area (Å²) in [5.41, 5.74) is -0.703. The predicted octanol–water partition coefficient (Wildman–Crippen LogP) is 4.09. The summed E-state index contributed by atoms with van der Waals surface area (Å²) in [6.07, 6.45) is 0. The van der Waals surface area contributed by atoms with Crippen molar-refractivity contribution < 1.29 is 26.3 Å². The summed E-state index contributed by atoms with van der Waals surface area (Å²) in [7, 11) is -4.97. The molecule has 2 aromatic carbocycles. The van der Waals surface area contributed by atoms with Crippen LogP contribution in [0.3, 0.4) is 0 Å². The summed E-state index contributed by atoms with van der Waals surface area (Å²) < 4.78 is 67.9. The van der Waals surface area contributed by atoms with E-state index < -0.39 is 21.6 Å². The second-order valence-corrected chi connectivity index (χ2v) is 7.15. The number of sulfonamides is 1. The minimum absolute atomic E-state index is 0.00190. The van der Waals surface area contributed by atoms with Crippen molar-refractivity contribution in [1.82, 2.24) is 0 Å². The summed E-state index contributed by atoms with van der Waals surface area (Å²) in [5.74, 6) is -4.47. The molecular formula is C15H7BrF3N3O3S. The van der Waals surface area contributed by atoms with E-state index in [1.165, 1.54) is 12.1 Å². The van der Waals surface area contributed by atoms with Crippen molar-refractivity contribution in [2.24, 2.45) is 0 Å². The molecule has 0 aliphatic rings. The van der Waals surface area contributed by atoms with Gasteiger partial charge in [0.05, 0.1) is 27.4 Å². The number of ether oxygens (including phenoxy) is 1. The maximum absolute atomic E-state index is 13.4. The average molecular weight is 446 g/mol. The fourth-order valence-electron chi connectivity index (χ4n) is 1.84. The van der Waals surface area contributed by atoms with E-state index in [9.17, 15) is 26.9 Å². The normalized spacial score (nSPS) is 10.9. The summed E-state index contributed by atoms with van der Waals surface area (Å²) in [5, 5.41) is 18.0. The molecule has 2 rings (SSSR count). The quantitative estimate of drug-likeness (QED) is 0.746. The van der Waals surface area contributed by atoms with E-state index in [1.807, 2.05) is 0 Å². The molecule has 11 heteroatoms. The standard InChI is InChI=1S/C15H7BrF3N3O3S/c16-14-11(7-21)12(22-26(23,24)15(18)19)1-2-13(14)25-10-4-8(6-20)3-9(17)5-10/h1-5,15,22H.